The lowest BCUT2D eigenvalue weighted by Crippen LogP contribution is -2.16. The van der Waals surface area contributed by atoms with Crippen molar-refractivity contribution in [2.24, 2.45) is 5.10 Å². The molecule has 0 atom stereocenters. The van der Waals surface area contributed by atoms with Crippen molar-refractivity contribution in [3.8, 4) is 6.07 Å². The van der Waals surface area contributed by atoms with E-state index in [9.17, 15) is 4.79 Å². The summed E-state index contributed by atoms with van der Waals surface area (Å²) >= 11 is 3.31. The molecule has 0 aromatic heterocycles. The molecule has 0 bridgehead atoms. The highest BCUT2D eigenvalue weighted by Gasteiger charge is 1.95. The lowest BCUT2D eigenvalue weighted by atomic mass is 10.2. The Hall–Kier alpha value is -1.67. The molecule has 1 aromatic rings. The summed E-state index contributed by atoms with van der Waals surface area (Å²) in [5.41, 5.74) is 3.11. The number of rotatable bonds is 3. The molecule has 0 aliphatic carbocycles. The van der Waals surface area contributed by atoms with E-state index in [4.69, 9.17) is 5.26 Å². The van der Waals surface area contributed by atoms with Crippen LogP contribution in [0.1, 0.15) is 12.0 Å². The minimum absolute atomic E-state index is 0.183. The second-order valence-electron chi connectivity index (χ2n) is 2.68. The van der Waals surface area contributed by atoms with Gasteiger partial charge < -0.3 is 0 Å². The van der Waals surface area contributed by atoms with E-state index in [0.29, 0.717) is 0 Å². The molecule has 5 heteroatoms. The molecule has 0 aliphatic heterocycles. The Morgan fingerprint density at radius 1 is 1.53 bits per heavy atom. The molecule has 0 aliphatic rings. The maximum absolute atomic E-state index is 10.8. The molecule has 76 valence electrons. The fourth-order valence-electron chi connectivity index (χ4n) is 0.839. The van der Waals surface area contributed by atoms with Crippen LogP contribution in [0, 0.1) is 11.3 Å². The third kappa shape index (κ3) is 4.38. The van der Waals surface area contributed by atoms with E-state index in [-0.39, 0.29) is 6.42 Å². The van der Waals surface area contributed by atoms with E-state index < -0.39 is 5.91 Å². The predicted molar refractivity (Wildman–Crippen MR) is 60.1 cm³/mol. The summed E-state index contributed by atoms with van der Waals surface area (Å²) in [4.78, 5) is 10.8. The number of hydrogen-bond donors (Lipinski definition) is 1. The lowest BCUT2D eigenvalue weighted by molar-refractivity contribution is -0.120. The Balaban J connectivity index is 2.48. The van der Waals surface area contributed by atoms with Crippen molar-refractivity contribution < 1.29 is 4.79 Å². The van der Waals surface area contributed by atoms with Gasteiger partial charge in [-0.25, -0.2) is 5.43 Å². The molecule has 0 unspecified atom stereocenters. The summed E-state index contributed by atoms with van der Waals surface area (Å²) in [5.74, 6) is -0.411. The van der Waals surface area contributed by atoms with E-state index in [2.05, 4.69) is 26.5 Å². The summed E-state index contributed by atoms with van der Waals surface area (Å²) in [6.45, 7) is 0. The molecular formula is C10H8BrN3O. The average Bonchev–Trinajstić information content (AvgIpc) is 2.21. The zero-order chi connectivity index (χ0) is 11.1. The normalized spacial score (nSPS) is 9.87. The van der Waals surface area contributed by atoms with Crippen molar-refractivity contribution in [2.45, 2.75) is 6.42 Å². The van der Waals surface area contributed by atoms with Gasteiger partial charge in [0.1, 0.15) is 6.42 Å². The number of hydrazone groups is 1. The van der Waals surface area contributed by atoms with Crippen LogP contribution in [0.2, 0.25) is 0 Å². The Bertz CT molecular complexity index is 406. The Morgan fingerprint density at radius 3 is 2.80 bits per heavy atom. The summed E-state index contributed by atoms with van der Waals surface area (Å²) in [7, 11) is 0. The first-order valence-electron chi connectivity index (χ1n) is 4.17. The topological polar surface area (TPSA) is 65.2 Å². The SMILES string of the molecule is N#CCC(=O)N/N=C/c1ccc(Br)cc1. The molecule has 1 amide bonds. The first-order valence-corrected chi connectivity index (χ1v) is 4.96. The van der Waals surface area contributed by atoms with Gasteiger partial charge in [-0.15, -0.1) is 0 Å². The van der Waals surface area contributed by atoms with Crippen molar-refractivity contribution >= 4 is 28.1 Å². The molecule has 1 N–H and O–H groups in total. The van der Waals surface area contributed by atoms with Crippen LogP contribution in [0.4, 0.5) is 0 Å². The summed E-state index contributed by atoms with van der Waals surface area (Å²) < 4.78 is 0.980. The largest absolute Gasteiger partial charge is 0.272 e. The lowest BCUT2D eigenvalue weighted by Gasteiger charge is -1.94. The predicted octanol–water partition coefficient (Wildman–Crippen LogP) is 1.81. The van der Waals surface area contributed by atoms with Gasteiger partial charge in [0, 0.05) is 4.47 Å². The van der Waals surface area contributed by atoms with Crippen LogP contribution in [-0.2, 0) is 4.79 Å². The van der Waals surface area contributed by atoms with Crippen molar-refractivity contribution in [2.75, 3.05) is 0 Å². The van der Waals surface area contributed by atoms with E-state index >= 15 is 0 Å². The fourth-order valence-corrected chi connectivity index (χ4v) is 1.10. The van der Waals surface area contributed by atoms with Crippen LogP contribution in [0.5, 0.6) is 0 Å². The monoisotopic (exact) mass is 265 g/mol. The van der Waals surface area contributed by atoms with Crippen molar-refractivity contribution in [3.05, 3.63) is 34.3 Å². The molecule has 0 radical (unpaired) electrons. The first-order chi connectivity index (χ1) is 7.22. The summed E-state index contributed by atoms with van der Waals surface area (Å²) in [6, 6.07) is 9.18. The molecule has 15 heavy (non-hydrogen) atoms. The smallest absolute Gasteiger partial charge is 0.254 e. The standard InChI is InChI=1S/C10H8BrN3O/c11-9-3-1-8(2-4-9)7-13-14-10(15)5-6-12/h1-4,7H,5H2,(H,14,15)/b13-7+. The number of carbonyl (C=O) groups is 1. The van der Waals surface area contributed by atoms with Gasteiger partial charge in [-0.05, 0) is 17.7 Å². The molecule has 0 heterocycles. The van der Waals surface area contributed by atoms with Crippen LogP contribution < -0.4 is 5.43 Å². The highest BCUT2D eigenvalue weighted by atomic mass is 79.9. The van der Waals surface area contributed by atoms with Gasteiger partial charge in [0.15, 0.2) is 0 Å². The zero-order valence-corrected chi connectivity index (χ0v) is 9.36. The number of amides is 1. The van der Waals surface area contributed by atoms with Crippen molar-refractivity contribution in [1.82, 2.24) is 5.43 Å². The van der Waals surface area contributed by atoms with Gasteiger partial charge in [-0.2, -0.15) is 10.4 Å². The van der Waals surface area contributed by atoms with Gasteiger partial charge in [0.2, 0.25) is 0 Å². The molecule has 1 aromatic carbocycles. The van der Waals surface area contributed by atoms with Gasteiger partial charge in [0.25, 0.3) is 5.91 Å². The molecule has 1 rings (SSSR count). The summed E-state index contributed by atoms with van der Waals surface area (Å²) in [5, 5.41) is 11.9. The number of benzene rings is 1. The third-order valence-electron chi connectivity index (χ3n) is 1.51. The van der Waals surface area contributed by atoms with Crippen LogP contribution in [-0.4, -0.2) is 12.1 Å². The van der Waals surface area contributed by atoms with Gasteiger partial charge in [0.05, 0.1) is 12.3 Å². The minimum Gasteiger partial charge on any atom is -0.272 e. The number of nitrogens with one attached hydrogen (secondary N) is 1. The summed E-state index contributed by atoms with van der Waals surface area (Å²) in [6.07, 6.45) is 1.33. The first kappa shape index (κ1) is 11.4. The number of nitriles is 1. The van der Waals surface area contributed by atoms with Crippen LogP contribution >= 0.6 is 15.9 Å². The number of halogens is 1. The number of carbonyl (C=O) groups excluding carboxylic acids is 1. The van der Waals surface area contributed by atoms with Crippen LogP contribution in [0.25, 0.3) is 0 Å². The second kappa shape index (κ2) is 5.94. The van der Waals surface area contributed by atoms with Gasteiger partial charge in [-0.1, -0.05) is 28.1 Å². The molecule has 0 saturated carbocycles. The minimum atomic E-state index is -0.411. The van der Waals surface area contributed by atoms with E-state index in [0.717, 1.165) is 10.0 Å². The fraction of sp³-hybridized carbons (Fsp3) is 0.100. The maximum Gasteiger partial charge on any atom is 0.254 e. The van der Waals surface area contributed by atoms with Crippen LogP contribution in [0.15, 0.2) is 33.8 Å². The molecule has 0 saturated heterocycles. The Labute approximate surface area is 95.7 Å². The third-order valence-corrected chi connectivity index (χ3v) is 2.04. The highest BCUT2D eigenvalue weighted by Crippen LogP contribution is 2.08. The maximum atomic E-state index is 10.8. The molecule has 0 fully saturated rings. The van der Waals surface area contributed by atoms with Crippen molar-refractivity contribution in [3.63, 3.8) is 0 Å². The van der Waals surface area contributed by atoms with E-state index in [1.54, 1.807) is 6.07 Å². The Morgan fingerprint density at radius 2 is 2.20 bits per heavy atom. The van der Waals surface area contributed by atoms with Gasteiger partial charge in [-0.3, -0.25) is 4.79 Å². The number of hydrogen-bond acceptors (Lipinski definition) is 3. The van der Waals surface area contributed by atoms with E-state index in [1.165, 1.54) is 6.21 Å². The molecule has 4 nitrogen and oxygen atoms in total. The number of nitrogens with zero attached hydrogens (tertiary/aromatic N) is 2. The van der Waals surface area contributed by atoms with E-state index in [1.807, 2.05) is 24.3 Å². The zero-order valence-electron chi connectivity index (χ0n) is 7.77. The highest BCUT2D eigenvalue weighted by molar-refractivity contribution is 9.10. The van der Waals surface area contributed by atoms with Crippen LogP contribution in [0.3, 0.4) is 0 Å². The second-order valence-corrected chi connectivity index (χ2v) is 3.60. The quantitative estimate of drug-likeness (QED) is 0.669. The average molecular weight is 266 g/mol. The molecule has 0 spiro atoms. The molecular weight excluding hydrogens is 258 g/mol. The van der Waals surface area contributed by atoms with Gasteiger partial charge >= 0.3 is 0 Å². The van der Waals surface area contributed by atoms with Crippen molar-refractivity contribution in [1.29, 1.82) is 5.26 Å². The Kier molecular flexibility index (Phi) is 4.51.